The van der Waals surface area contributed by atoms with Crippen LogP contribution in [0.1, 0.15) is 20.7 Å². The molecule has 2 aromatic carbocycles. The van der Waals surface area contributed by atoms with Crippen LogP contribution in [0.3, 0.4) is 0 Å². The third-order valence-electron chi connectivity index (χ3n) is 3.71. The molecule has 7 nitrogen and oxygen atoms in total. The minimum Gasteiger partial charge on any atom is -0.493 e. The Bertz CT molecular complexity index is 800. The topological polar surface area (TPSA) is 85.9 Å². The van der Waals surface area contributed by atoms with Crippen LogP contribution in [0.25, 0.3) is 0 Å². The molecule has 0 bridgehead atoms. The van der Waals surface area contributed by atoms with Gasteiger partial charge in [0.1, 0.15) is 0 Å². The van der Waals surface area contributed by atoms with Crippen molar-refractivity contribution in [2.24, 2.45) is 0 Å². The number of methoxy groups -OCH3 is 3. The van der Waals surface area contributed by atoms with Gasteiger partial charge in [-0.05, 0) is 30.3 Å². The highest BCUT2D eigenvalue weighted by Crippen LogP contribution is 2.38. The maximum absolute atomic E-state index is 12.3. The number of ether oxygens (including phenoxy) is 3. The Kier molecular flexibility index (Phi) is 7.31. The summed E-state index contributed by atoms with van der Waals surface area (Å²) < 4.78 is 15.7. The highest BCUT2D eigenvalue weighted by Gasteiger charge is 2.16. The molecule has 0 saturated carbocycles. The molecule has 0 aliphatic rings. The van der Waals surface area contributed by atoms with Crippen molar-refractivity contribution in [3.05, 3.63) is 52.5 Å². The second-order valence-electron chi connectivity index (χ2n) is 5.44. The van der Waals surface area contributed by atoms with Gasteiger partial charge < -0.3 is 24.8 Å². The second kappa shape index (κ2) is 9.68. The normalized spacial score (nSPS) is 10.1. The molecule has 27 heavy (non-hydrogen) atoms. The second-order valence-corrected chi connectivity index (χ2v) is 5.87. The summed E-state index contributed by atoms with van der Waals surface area (Å²) in [6, 6.07) is 9.74. The van der Waals surface area contributed by atoms with Gasteiger partial charge in [-0.25, -0.2) is 0 Å². The lowest BCUT2D eigenvalue weighted by atomic mass is 10.1. The Labute approximate surface area is 162 Å². The van der Waals surface area contributed by atoms with Gasteiger partial charge in [0.2, 0.25) is 5.75 Å². The summed E-state index contributed by atoms with van der Waals surface area (Å²) in [7, 11) is 4.44. The van der Waals surface area contributed by atoms with Gasteiger partial charge in [-0.3, -0.25) is 9.59 Å². The van der Waals surface area contributed by atoms with E-state index in [0.29, 0.717) is 33.4 Å². The molecule has 8 heteroatoms. The summed E-state index contributed by atoms with van der Waals surface area (Å²) in [5.74, 6) is 0.587. The van der Waals surface area contributed by atoms with E-state index in [1.807, 2.05) is 0 Å². The van der Waals surface area contributed by atoms with Crippen molar-refractivity contribution in [1.82, 2.24) is 10.6 Å². The molecule has 2 amide bonds. The monoisotopic (exact) mass is 392 g/mol. The Morgan fingerprint density at radius 3 is 1.89 bits per heavy atom. The van der Waals surface area contributed by atoms with Crippen molar-refractivity contribution in [2.45, 2.75) is 0 Å². The molecule has 0 unspecified atom stereocenters. The standard InChI is InChI=1S/C19H21ClN2O5/c1-25-15-10-13(11-16(26-2)17(15)27-3)19(24)22-8-7-21-18(23)12-5-4-6-14(20)9-12/h4-6,9-11H,7-8H2,1-3H3,(H,21,23)(H,22,24). The Hall–Kier alpha value is -2.93. The van der Waals surface area contributed by atoms with Crippen molar-refractivity contribution in [3.63, 3.8) is 0 Å². The summed E-state index contributed by atoms with van der Waals surface area (Å²) in [6.07, 6.45) is 0. The van der Waals surface area contributed by atoms with Crippen molar-refractivity contribution in [3.8, 4) is 17.2 Å². The number of benzene rings is 2. The van der Waals surface area contributed by atoms with Crippen LogP contribution in [0.2, 0.25) is 5.02 Å². The summed E-state index contributed by atoms with van der Waals surface area (Å²) in [4.78, 5) is 24.4. The number of hydrogen-bond acceptors (Lipinski definition) is 5. The summed E-state index contributed by atoms with van der Waals surface area (Å²) in [6.45, 7) is 0.517. The molecule has 0 aliphatic carbocycles. The lowest BCUT2D eigenvalue weighted by Gasteiger charge is -2.14. The predicted molar refractivity (Wildman–Crippen MR) is 102 cm³/mol. The number of carbonyl (C=O) groups excluding carboxylic acids is 2. The molecule has 0 aliphatic heterocycles. The average molecular weight is 393 g/mol. The largest absolute Gasteiger partial charge is 0.493 e. The molecule has 0 spiro atoms. The first-order chi connectivity index (χ1) is 13.0. The van der Waals surface area contributed by atoms with E-state index in [-0.39, 0.29) is 24.9 Å². The lowest BCUT2D eigenvalue weighted by molar-refractivity contribution is 0.0927. The van der Waals surface area contributed by atoms with E-state index in [1.165, 1.54) is 21.3 Å². The predicted octanol–water partition coefficient (Wildman–Crippen LogP) is 2.53. The number of nitrogens with one attached hydrogen (secondary N) is 2. The first-order valence-electron chi connectivity index (χ1n) is 8.12. The Morgan fingerprint density at radius 2 is 1.41 bits per heavy atom. The molecule has 0 saturated heterocycles. The van der Waals surface area contributed by atoms with Crippen molar-refractivity contribution in [1.29, 1.82) is 0 Å². The van der Waals surface area contributed by atoms with Crippen LogP contribution in [0, 0.1) is 0 Å². The zero-order valence-electron chi connectivity index (χ0n) is 15.3. The van der Waals surface area contributed by atoms with Gasteiger partial charge >= 0.3 is 0 Å². The third kappa shape index (κ3) is 5.27. The molecular formula is C19H21ClN2O5. The van der Waals surface area contributed by atoms with Crippen LogP contribution in [0.15, 0.2) is 36.4 Å². The molecule has 2 aromatic rings. The molecular weight excluding hydrogens is 372 g/mol. The molecule has 144 valence electrons. The van der Waals surface area contributed by atoms with Gasteiger partial charge in [0, 0.05) is 29.2 Å². The van der Waals surface area contributed by atoms with E-state index in [0.717, 1.165) is 0 Å². The van der Waals surface area contributed by atoms with E-state index in [1.54, 1.807) is 36.4 Å². The van der Waals surface area contributed by atoms with Gasteiger partial charge in [0.25, 0.3) is 11.8 Å². The van der Waals surface area contributed by atoms with Crippen LogP contribution in [0.4, 0.5) is 0 Å². The Balaban J connectivity index is 1.93. The van der Waals surface area contributed by atoms with Gasteiger partial charge in [-0.15, -0.1) is 0 Å². The van der Waals surface area contributed by atoms with Gasteiger partial charge in [-0.2, -0.15) is 0 Å². The van der Waals surface area contributed by atoms with Gasteiger partial charge in [0.15, 0.2) is 11.5 Å². The van der Waals surface area contributed by atoms with Crippen LogP contribution in [0.5, 0.6) is 17.2 Å². The van der Waals surface area contributed by atoms with Crippen LogP contribution < -0.4 is 24.8 Å². The van der Waals surface area contributed by atoms with Crippen LogP contribution >= 0.6 is 11.6 Å². The zero-order valence-corrected chi connectivity index (χ0v) is 16.1. The zero-order chi connectivity index (χ0) is 19.8. The van der Waals surface area contributed by atoms with Crippen molar-refractivity contribution in [2.75, 3.05) is 34.4 Å². The average Bonchev–Trinajstić information content (AvgIpc) is 2.69. The van der Waals surface area contributed by atoms with E-state index < -0.39 is 0 Å². The molecule has 2 N–H and O–H groups in total. The van der Waals surface area contributed by atoms with Crippen molar-refractivity contribution >= 4 is 23.4 Å². The number of carbonyl (C=O) groups is 2. The Morgan fingerprint density at radius 1 is 0.852 bits per heavy atom. The molecule has 0 radical (unpaired) electrons. The fraction of sp³-hybridized carbons (Fsp3) is 0.263. The molecule has 0 atom stereocenters. The van der Waals surface area contributed by atoms with E-state index in [2.05, 4.69) is 10.6 Å². The number of halogens is 1. The van der Waals surface area contributed by atoms with Gasteiger partial charge in [0.05, 0.1) is 21.3 Å². The fourth-order valence-corrected chi connectivity index (χ4v) is 2.59. The minimum absolute atomic E-state index is 0.252. The maximum atomic E-state index is 12.3. The van der Waals surface area contributed by atoms with Gasteiger partial charge in [-0.1, -0.05) is 17.7 Å². The molecule has 0 heterocycles. The lowest BCUT2D eigenvalue weighted by Crippen LogP contribution is -2.34. The minimum atomic E-state index is -0.328. The van der Waals surface area contributed by atoms with Crippen molar-refractivity contribution < 1.29 is 23.8 Å². The first kappa shape index (κ1) is 20.4. The fourth-order valence-electron chi connectivity index (χ4n) is 2.40. The molecule has 2 rings (SSSR count). The molecule has 0 aromatic heterocycles. The van der Waals surface area contributed by atoms with Crippen LogP contribution in [-0.4, -0.2) is 46.2 Å². The third-order valence-corrected chi connectivity index (χ3v) is 3.94. The summed E-state index contributed by atoms with van der Waals surface area (Å²) in [5.41, 5.74) is 0.809. The molecule has 0 fully saturated rings. The van der Waals surface area contributed by atoms with E-state index in [9.17, 15) is 9.59 Å². The smallest absolute Gasteiger partial charge is 0.251 e. The first-order valence-corrected chi connectivity index (χ1v) is 8.50. The van der Waals surface area contributed by atoms with E-state index >= 15 is 0 Å². The summed E-state index contributed by atoms with van der Waals surface area (Å²) >= 11 is 5.86. The SMILES string of the molecule is COc1cc(C(=O)NCCNC(=O)c2cccc(Cl)c2)cc(OC)c1OC. The highest BCUT2D eigenvalue weighted by molar-refractivity contribution is 6.30. The maximum Gasteiger partial charge on any atom is 0.251 e. The quantitative estimate of drug-likeness (QED) is 0.674. The van der Waals surface area contributed by atoms with Crippen LogP contribution in [-0.2, 0) is 0 Å². The van der Waals surface area contributed by atoms with E-state index in [4.69, 9.17) is 25.8 Å². The number of amides is 2. The summed E-state index contributed by atoms with van der Waals surface area (Å²) in [5, 5.41) is 5.92. The number of rotatable bonds is 8. The number of hydrogen-bond donors (Lipinski definition) is 2. The highest BCUT2D eigenvalue weighted by atomic mass is 35.5.